The second kappa shape index (κ2) is 12.2. The number of carbonyl (C=O) groups is 1. The maximum absolute atomic E-state index is 14.4. The van der Waals surface area contributed by atoms with Gasteiger partial charge in [0, 0.05) is 72.1 Å². The second-order valence-electron chi connectivity index (χ2n) is 11.5. The summed E-state index contributed by atoms with van der Waals surface area (Å²) >= 11 is 0. The van der Waals surface area contributed by atoms with Crippen molar-refractivity contribution in [2.45, 2.75) is 33.2 Å². The van der Waals surface area contributed by atoms with Crippen LogP contribution in [-0.2, 0) is 5.54 Å². The van der Waals surface area contributed by atoms with Gasteiger partial charge in [-0.15, -0.1) is 0 Å². The standard InChI is InChI=1S/C35H34N6O6/c1-5-37-29-18-32-27(15-21(29)3)35(28-16-22(4)30(38-6-2)19-33(28)47-32)26-10-8-7-9-25(26)34(42)39(35)14-13-36-20-23-11-12-24(40(43)44)17-31(23)41(45)46/h7-12,15-20,37-38H,5-6,13-14H2,1-4H3. The Hall–Kier alpha value is -5.78. The Morgan fingerprint density at radius 1 is 0.851 bits per heavy atom. The van der Waals surface area contributed by atoms with Gasteiger partial charge in [-0.25, -0.2) is 0 Å². The normalized spacial score (nSPS) is 14.0. The predicted molar refractivity (Wildman–Crippen MR) is 180 cm³/mol. The Kier molecular flexibility index (Phi) is 8.10. The van der Waals surface area contributed by atoms with E-state index in [2.05, 4.69) is 27.8 Å². The molecule has 0 aliphatic carbocycles. The van der Waals surface area contributed by atoms with Crippen LogP contribution in [0.5, 0.6) is 11.5 Å². The number of nitro groups is 2. The zero-order valence-electron chi connectivity index (χ0n) is 26.5. The van der Waals surface area contributed by atoms with Crippen LogP contribution in [0.15, 0.2) is 71.7 Å². The van der Waals surface area contributed by atoms with Crippen molar-refractivity contribution in [2.75, 3.05) is 36.8 Å². The van der Waals surface area contributed by atoms with Crippen LogP contribution in [-0.4, -0.2) is 53.0 Å². The Morgan fingerprint density at radius 3 is 2.04 bits per heavy atom. The minimum Gasteiger partial charge on any atom is -0.456 e. The van der Waals surface area contributed by atoms with Gasteiger partial charge in [0.25, 0.3) is 17.3 Å². The number of fused-ring (bicyclic) bond motifs is 6. The number of rotatable bonds is 10. The van der Waals surface area contributed by atoms with Crippen molar-refractivity contribution >= 4 is 34.9 Å². The Labute approximate surface area is 271 Å². The van der Waals surface area contributed by atoms with Crippen LogP contribution in [0.1, 0.15) is 57.6 Å². The monoisotopic (exact) mass is 634 g/mol. The van der Waals surface area contributed by atoms with E-state index in [0.29, 0.717) is 17.1 Å². The first kappa shape index (κ1) is 31.2. The quantitative estimate of drug-likeness (QED) is 0.108. The van der Waals surface area contributed by atoms with E-state index in [0.717, 1.165) is 58.3 Å². The zero-order valence-corrected chi connectivity index (χ0v) is 26.5. The van der Waals surface area contributed by atoms with E-state index >= 15 is 0 Å². The fourth-order valence-corrected chi connectivity index (χ4v) is 6.65. The van der Waals surface area contributed by atoms with Gasteiger partial charge in [-0.05, 0) is 68.7 Å². The highest BCUT2D eigenvalue weighted by Crippen LogP contribution is 2.58. The molecule has 2 heterocycles. The molecule has 2 aliphatic rings. The third kappa shape index (κ3) is 5.11. The molecule has 0 saturated heterocycles. The van der Waals surface area contributed by atoms with Crippen molar-refractivity contribution < 1.29 is 19.4 Å². The van der Waals surface area contributed by atoms with Gasteiger partial charge < -0.3 is 20.3 Å². The molecule has 0 fully saturated rings. The molecule has 2 N–H and O–H groups in total. The minimum atomic E-state index is -1.05. The summed E-state index contributed by atoms with van der Waals surface area (Å²) in [6.45, 7) is 9.84. The number of non-ortho nitro benzene ring substituents is 1. The molecule has 240 valence electrons. The van der Waals surface area contributed by atoms with Crippen LogP contribution in [0.4, 0.5) is 22.7 Å². The fraction of sp³-hybridized carbons (Fsp3) is 0.257. The van der Waals surface area contributed by atoms with Crippen molar-refractivity contribution in [1.29, 1.82) is 0 Å². The molecule has 0 bridgehead atoms. The molecule has 0 atom stereocenters. The lowest BCUT2D eigenvalue weighted by Crippen LogP contribution is -2.48. The van der Waals surface area contributed by atoms with E-state index in [-0.39, 0.29) is 30.2 Å². The first-order valence-electron chi connectivity index (χ1n) is 15.4. The van der Waals surface area contributed by atoms with Crippen molar-refractivity contribution in [3.05, 3.63) is 126 Å². The van der Waals surface area contributed by atoms with Gasteiger partial charge in [0.2, 0.25) is 0 Å². The number of anilines is 2. The summed E-state index contributed by atoms with van der Waals surface area (Å²) in [7, 11) is 0. The number of nitrogens with zero attached hydrogens (tertiary/aromatic N) is 4. The van der Waals surface area contributed by atoms with Crippen LogP contribution in [0, 0.1) is 34.1 Å². The van der Waals surface area contributed by atoms with Crippen molar-refractivity contribution in [3.63, 3.8) is 0 Å². The summed E-state index contributed by atoms with van der Waals surface area (Å²) in [5.41, 5.74) is 5.20. The number of aliphatic imine (C=N–C) groups is 1. The summed E-state index contributed by atoms with van der Waals surface area (Å²) in [5, 5.41) is 29.7. The number of nitro benzene ring substituents is 2. The molecular formula is C35H34N6O6. The van der Waals surface area contributed by atoms with E-state index in [1.54, 1.807) is 0 Å². The number of nitrogens with one attached hydrogen (secondary N) is 2. The Morgan fingerprint density at radius 2 is 1.47 bits per heavy atom. The number of carbonyl (C=O) groups excluding carboxylic acids is 1. The van der Waals surface area contributed by atoms with Crippen molar-refractivity contribution in [3.8, 4) is 11.5 Å². The van der Waals surface area contributed by atoms with E-state index in [1.165, 1.54) is 18.3 Å². The van der Waals surface area contributed by atoms with Gasteiger partial charge in [0.1, 0.15) is 17.0 Å². The van der Waals surface area contributed by atoms with Gasteiger partial charge in [0.05, 0.1) is 28.0 Å². The maximum atomic E-state index is 14.4. The van der Waals surface area contributed by atoms with Crippen LogP contribution in [0.25, 0.3) is 0 Å². The van der Waals surface area contributed by atoms with E-state index < -0.39 is 21.1 Å². The number of benzene rings is 4. The number of hydrogen-bond acceptors (Lipinski definition) is 9. The summed E-state index contributed by atoms with van der Waals surface area (Å²) in [5.74, 6) is 1.09. The van der Waals surface area contributed by atoms with Gasteiger partial charge >= 0.3 is 0 Å². The van der Waals surface area contributed by atoms with E-state index in [4.69, 9.17) is 4.74 Å². The highest BCUT2D eigenvalue weighted by Gasteiger charge is 2.56. The molecule has 4 aromatic rings. The molecule has 1 amide bonds. The molecule has 12 heteroatoms. The smallest absolute Gasteiger partial charge is 0.284 e. The summed E-state index contributed by atoms with van der Waals surface area (Å²) in [6.07, 6.45) is 1.33. The number of amides is 1. The zero-order chi connectivity index (χ0) is 33.5. The van der Waals surface area contributed by atoms with Gasteiger partial charge in [-0.3, -0.25) is 30.0 Å². The first-order valence-corrected chi connectivity index (χ1v) is 15.4. The van der Waals surface area contributed by atoms with Crippen LogP contribution < -0.4 is 15.4 Å². The van der Waals surface area contributed by atoms with E-state index in [1.807, 2.05) is 69.0 Å². The van der Waals surface area contributed by atoms with Gasteiger partial charge in [-0.2, -0.15) is 0 Å². The first-order chi connectivity index (χ1) is 22.6. The maximum Gasteiger partial charge on any atom is 0.284 e. The fourth-order valence-electron chi connectivity index (χ4n) is 6.65. The van der Waals surface area contributed by atoms with Gasteiger partial charge in [-0.1, -0.05) is 18.2 Å². The van der Waals surface area contributed by atoms with Gasteiger partial charge in [0.15, 0.2) is 0 Å². The third-order valence-electron chi connectivity index (χ3n) is 8.69. The number of ether oxygens (including phenoxy) is 1. The average molecular weight is 635 g/mol. The molecule has 1 spiro atoms. The number of hydrogen-bond donors (Lipinski definition) is 2. The second-order valence-corrected chi connectivity index (χ2v) is 11.5. The van der Waals surface area contributed by atoms with Crippen LogP contribution in [0.2, 0.25) is 0 Å². The van der Waals surface area contributed by atoms with Crippen molar-refractivity contribution in [1.82, 2.24) is 4.90 Å². The lowest BCUT2D eigenvalue weighted by atomic mass is 9.73. The molecule has 47 heavy (non-hydrogen) atoms. The molecular weight excluding hydrogens is 600 g/mol. The molecule has 12 nitrogen and oxygen atoms in total. The molecule has 0 saturated carbocycles. The molecule has 2 aliphatic heterocycles. The average Bonchev–Trinajstić information content (AvgIpc) is 3.29. The summed E-state index contributed by atoms with van der Waals surface area (Å²) < 4.78 is 6.63. The van der Waals surface area contributed by atoms with E-state index in [9.17, 15) is 25.0 Å². The SMILES string of the molecule is CCNc1cc2c(cc1C)C1(c3cc(C)c(NCC)cc3O2)c2ccccc2C(=O)N1CCN=Cc1ccc([N+](=O)[O-])cc1[N+](=O)[O-]. The molecule has 6 rings (SSSR count). The number of aryl methyl sites for hydroxylation is 2. The lowest BCUT2D eigenvalue weighted by Gasteiger charge is -2.44. The summed E-state index contributed by atoms with van der Waals surface area (Å²) in [6, 6.07) is 19.1. The molecule has 0 radical (unpaired) electrons. The van der Waals surface area contributed by atoms with Crippen LogP contribution in [0.3, 0.4) is 0 Å². The largest absolute Gasteiger partial charge is 0.456 e. The molecule has 0 aromatic heterocycles. The predicted octanol–water partition coefficient (Wildman–Crippen LogP) is 6.96. The van der Waals surface area contributed by atoms with Crippen molar-refractivity contribution in [2.24, 2.45) is 4.99 Å². The highest BCUT2D eigenvalue weighted by molar-refractivity contribution is 6.02. The third-order valence-corrected chi connectivity index (χ3v) is 8.69. The Balaban J connectivity index is 1.50. The molecule has 0 unspecified atom stereocenters. The summed E-state index contributed by atoms with van der Waals surface area (Å²) in [4.78, 5) is 42.2. The molecule has 4 aromatic carbocycles. The lowest BCUT2D eigenvalue weighted by molar-refractivity contribution is -0.394. The topological polar surface area (TPSA) is 152 Å². The van der Waals surface area contributed by atoms with Crippen LogP contribution >= 0.6 is 0 Å². The Bertz CT molecular complexity index is 1910. The highest BCUT2D eigenvalue weighted by atomic mass is 16.6. The minimum absolute atomic E-state index is 0.115.